The molecule has 0 aromatic heterocycles. The van der Waals surface area contributed by atoms with Crippen LogP contribution in [0.1, 0.15) is 44.7 Å². The van der Waals surface area contributed by atoms with E-state index in [9.17, 15) is 9.90 Å². The molecule has 110 valence electrons. The van der Waals surface area contributed by atoms with Gasteiger partial charge in [-0.05, 0) is 30.7 Å². The first-order valence-corrected chi connectivity index (χ1v) is 7.32. The topological polar surface area (TPSA) is 61.4 Å². The minimum absolute atomic E-state index is 0.0211. The lowest BCUT2D eigenvalue weighted by Gasteiger charge is -2.36. The van der Waals surface area contributed by atoms with Crippen LogP contribution in [0.3, 0.4) is 0 Å². The van der Waals surface area contributed by atoms with Crippen LogP contribution in [0, 0.1) is 5.92 Å². The summed E-state index contributed by atoms with van der Waals surface area (Å²) in [6, 6.07) is 9.71. The third-order valence-electron chi connectivity index (χ3n) is 3.97. The van der Waals surface area contributed by atoms with Crippen LogP contribution in [0.5, 0.6) is 0 Å². The molecule has 2 rings (SSSR count). The van der Waals surface area contributed by atoms with E-state index in [0.29, 0.717) is 12.5 Å². The molecule has 1 unspecified atom stereocenters. The highest BCUT2D eigenvalue weighted by Crippen LogP contribution is 2.30. The Labute approximate surface area is 120 Å². The Morgan fingerprint density at radius 1 is 1.30 bits per heavy atom. The Kier molecular flexibility index (Phi) is 4.65. The summed E-state index contributed by atoms with van der Waals surface area (Å²) in [5.74, 6) is 0.301. The van der Waals surface area contributed by atoms with Crippen LogP contribution in [0.2, 0.25) is 0 Å². The van der Waals surface area contributed by atoms with Gasteiger partial charge in [-0.3, -0.25) is 0 Å². The minimum atomic E-state index is -0.683. The van der Waals surface area contributed by atoms with E-state index in [1.54, 1.807) is 0 Å². The highest BCUT2D eigenvalue weighted by atomic mass is 16.3. The Bertz CT molecular complexity index is 441. The molecule has 2 amide bonds. The summed E-state index contributed by atoms with van der Waals surface area (Å²) in [5.41, 5.74) is 0.414. The molecule has 1 fully saturated rings. The standard InChI is InChI=1S/C16H24N2O2/c1-12(2)14(13-7-4-3-5-8-13)18-15(19)17-11-16(20)9-6-10-16/h3-5,7-8,12,14,20H,6,9-11H2,1-2H3,(H2,17,18,19). The van der Waals surface area contributed by atoms with Crippen molar-refractivity contribution in [3.63, 3.8) is 0 Å². The molecule has 4 nitrogen and oxygen atoms in total. The summed E-state index contributed by atoms with van der Waals surface area (Å²) in [6.45, 7) is 4.49. The van der Waals surface area contributed by atoms with E-state index >= 15 is 0 Å². The predicted octanol–water partition coefficient (Wildman–Crippen LogP) is 2.60. The van der Waals surface area contributed by atoms with Crippen LogP contribution >= 0.6 is 0 Å². The molecule has 1 aromatic rings. The van der Waals surface area contributed by atoms with Gasteiger partial charge in [0.05, 0.1) is 11.6 Å². The number of hydrogen-bond acceptors (Lipinski definition) is 2. The Morgan fingerprint density at radius 3 is 2.45 bits per heavy atom. The molecule has 1 saturated carbocycles. The van der Waals surface area contributed by atoms with Crippen LogP contribution in [-0.4, -0.2) is 23.3 Å². The summed E-state index contributed by atoms with van der Waals surface area (Å²) in [4.78, 5) is 12.0. The van der Waals surface area contributed by atoms with Gasteiger partial charge in [-0.25, -0.2) is 4.79 Å². The lowest BCUT2D eigenvalue weighted by atomic mass is 9.80. The number of carbonyl (C=O) groups is 1. The molecule has 0 spiro atoms. The average molecular weight is 276 g/mol. The largest absolute Gasteiger partial charge is 0.388 e. The molecule has 20 heavy (non-hydrogen) atoms. The van der Waals surface area contributed by atoms with Crippen molar-refractivity contribution < 1.29 is 9.90 Å². The quantitative estimate of drug-likeness (QED) is 0.774. The zero-order valence-electron chi connectivity index (χ0n) is 12.2. The third kappa shape index (κ3) is 3.73. The third-order valence-corrected chi connectivity index (χ3v) is 3.97. The van der Waals surface area contributed by atoms with Gasteiger partial charge in [0, 0.05) is 6.54 Å². The van der Waals surface area contributed by atoms with Crippen molar-refractivity contribution in [2.45, 2.75) is 44.8 Å². The molecule has 1 atom stereocenters. The highest BCUT2D eigenvalue weighted by Gasteiger charge is 2.34. The summed E-state index contributed by atoms with van der Waals surface area (Å²) in [5, 5.41) is 15.7. The number of hydrogen-bond donors (Lipinski definition) is 3. The maximum Gasteiger partial charge on any atom is 0.315 e. The van der Waals surface area contributed by atoms with Gasteiger partial charge in [-0.1, -0.05) is 44.2 Å². The first kappa shape index (κ1) is 14.9. The van der Waals surface area contributed by atoms with E-state index in [1.807, 2.05) is 30.3 Å². The molecule has 1 aliphatic rings. The van der Waals surface area contributed by atoms with Crippen molar-refractivity contribution >= 4 is 6.03 Å². The molecule has 0 heterocycles. The number of amides is 2. The molecule has 0 saturated heterocycles. The summed E-state index contributed by atoms with van der Waals surface area (Å²) >= 11 is 0. The summed E-state index contributed by atoms with van der Waals surface area (Å²) in [7, 11) is 0. The van der Waals surface area contributed by atoms with Crippen LogP contribution in [0.15, 0.2) is 30.3 Å². The second-order valence-corrected chi connectivity index (χ2v) is 6.04. The Hall–Kier alpha value is -1.55. The zero-order chi connectivity index (χ0) is 14.6. The van der Waals surface area contributed by atoms with Gasteiger partial charge in [0.15, 0.2) is 0 Å². The molecule has 0 bridgehead atoms. The SMILES string of the molecule is CC(C)C(NC(=O)NCC1(O)CCC1)c1ccccc1. The molecular weight excluding hydrogens is 252 g/mol. The van der Waals surface area contributed by atoms with Crippen molar-refractivity contribution in [2.75, 3.05) is 6.54 Å². The van der Waals surface area contributed by atoms with Gasteiger partial charge in [-0.2, -0.15) is 0 Å². The Morgan fingerprint density at radius 2 is 1.95 bits per heavy atom. The molecule has 0 aliphatic heterocycles. The number of carbonyl (C=O) groups excluding carboxylic acids is 1. The van der Waals surface area contributed by atoms with Crippen molar-refractivity contribution in [2.24, 2.45) is 5.92 Å². The lowest BCUT2D eigenvalue weighted by Crippen LogP contribution is -2.50. The molecule has 0 radical (unpaired) electrons. The van der Waals surface area contributed by atoms with Crippen LogP contribution in [0.4, 0.5) is 4.79 Å². The molecular formula is C16H24N2O2. The van der Waals surface area contributed by atoms with Crippen molar-refractivity contribution in [1.82, 2.24) is 10.6 Å². The van der Waals surface area contributed by atoms with Gasteiger partial charge in [0.25, 0.3) is 0 Å². The van der Waals surface area contributed by atoms with Crippen LogP contribution in [0.25, 0.3) is 0 Å². The second kappa shape index (κ2) is 6.27. The maximum absolute atomic E-state index is 12.0. The van der Waals surface area contributed by atoms with Gasteiger partial charge < -0.3 is 15.7 Å². The normalized spacial score (nSPS) is 18.2. The number of aliphatic hydroxyl groups is 1. The fourth-order valence-electron chi connectivity index (χ4n) is 2.49. The van der Waals surface area contributed by atoms with Crippen molar-refractivity contribution in [1.29, 1.82) is 0 Å². The lowest BCUT2D eigenvalue weighted by molar-refractivity contribution is -0.0290. The average Bonchev–Trinajstić information content (AvgIpc) is 2.41. The highest BCUT2D eigenvalue weighted by molar-refractivity contribution is 5.74. The first-order chi connectivity index (χ1) is 9.50. The van der Waals surface area contributed by atoms with Gasteiger partial charge >= 0.3 is 6.03 Å². The smallest absolute Gasteiger partial charge is 0.315 e. The van der Waals surface area contributed by atoms with Crippen molar-refractivity contribution in [3.8, 4) is 0 Å². The number of nitrogens with one attached hydrogen (secondary N) is 2. The van der Waals surface area contributed by atoms with E-state index in [-0.39, 0.29) is 12.1 Å². The van der Waals surface area contributed by atoms with Gasteiger partial charge in [-0.15, -0.1) is 0 Å². The van der Waals surface area contributed by atoms with Crippen molar-refractivity contribution in [3.05, 3.63) is 35.9 Å². The Balaban J connectivity index is 1.89. The monoisotopic (exact) mass is 276 g/mol. The molecule has 1 aliphatic carbocycles. The fraction of sp³-hybridized carbons (Fsp3) is 0.562. The van der Waals surface area contributed by atoms with E-state index < -0.39 is 5.60 Å². The first-order valence-electron chi connectivity index (χ1n) is 7.32. The zero-order valence-corrected chi connectivity index (χ0v) is 12.2. The number of benzene rings is 1. The van der Waals surface area contributed by atoms with Crippen LogP contribution in [-0.2, 0) is 0 Å². The number of urea groups is 1. The molecule has 3 N–H and O–H groups in total. The predicted molar refractivity (Wildman–Crippen MR) is 79.4 cm³/mol. The number of rotatable bonds is 5. The van der Waals surface area contributed by atoms with Gasteiger partial charge in [0.2, 0.25) is 0 Å². The summed E-state index contributed by atoms with van der Waals surface area (Å²) < 4.78 is 0. The van der Waals surface area contributed by atoms with Gasteiger partial charge in [0.1, 0.15) is 0 Å². The van der Waals surface area contributed by atoms with E-state index in [0.717, 1.165) is 24.8 Å². The van der Waals surface area contributed by atoms with E-state index in [1.165, 1.54) is 0 Å². The maximum atomic E-state index is 12.0. The van der Waals surface area contributed by atoms with Crippen LogP contribution < -0.4 is 10.6 Å². The second-order valence-electron chi connectivity index (χ2n) is 6.04. The summed E-state index contributed by atoms with van der Waals surface area (Å²) in [6.07, 6.45) is 2.59. The fourth-order valence-corrected chi connectivity index (χ4v) is 2.49. The minimum Gasteiger partial charge on any atom is -0.388 e. The molecule has 1 aromatic carbocycles. The van der Waals surface area contributed by atoms with E-state index in [4.69, 9.17) is 0 Å². The molecule has 4 heteroatoms. The van der Waals surface area contributed by atoms with E-state index in [2.05, 4.69) is 24.5 Å².